The van der Waals surface area contributed by atoms with Crippen LogP contribution in [0.5, 0.6) is 0 Å². The Morgan fingerprint density at radius 3 is 2.59 bits per heavy atom. The molecule has 0 fully saturated rings. The zero-order valence-electron chi connectivity index (χ0n) is 11.7. The highest BCUT2D eigenvalue weighted by Crippen LogP contribution is 2.19. The highest BCUT2D eigenvalue weighted by molar-refractivity contribution is 5.13. The van der Waals surface area contributed by atoms with Gasteiger partial charge in [0.2, 0.25) is 0 Å². The van der Waals surface area contributed by atoms with E-state index in [1.807, 2.05) is 0 Å². The molecule has 0 bridgehead atoms. The molecule has 0 amide bonds. The van der Waals surface area contributed by atoms with Gasteiger partial charge in [-0.25, -0.2) is 0 Å². The van der Waals surface area contributed by atoms with Crippen LogP contribution in [0, 0.1) is 12.8 Å². The first-order valence-corrected chi connectivity index (χ1v) is 6.80. The minimum atomic E-state index is 0.414. The molecule has 1 atom stereocenters. The summed E-state index contributed by atoms with van der Waals surface area (Å²) in [5.74, 6) is 0.755. The monoisotopic (exact) mass is 234 g/mol. The van der Waals surface area contributed by atoms with Gasteiger partial charge in [-0.05, 0) is 50.8 Å². The van der Waals surface area contributed by atoms with Gasteiger partial charge in [0.15, 0.2) is 0 Å². The van der Waals surface area contributed by atoms with Crippen LogP contribution in [0.4, 0.5) is 0 Å². The maximum Gasteiger partial charge on any atom is 0.0576 e. The number of pyridine rings is 1. The van der Waals surface area contributed by atoms with E-state index in [1.54, 1.807) is 0 Å². The van der Waals surface area contributed by atoms with Gasteiger partial charge in [-0.1, -0.05) is 26.8 Å². The highest BCUT2D eigenvalue weighted by Gasteiger charge is 2.12. The average molecular weight is 234 g/mol. The molecule has 96 valence electrons. The van der Waals surface area contributed by atoms with Gasteiger partial charge in [0.25, 0.3) is 0 Å². The summed E-state index contributed by atoms with van der Waals surface area (Å²) in [7, 11) is 0. The Bertz CT molecular complexity index is 320. The fraction of sp³-hybridized carbons (Fsp3) is 0.667. The van der Waals surface area contributed by atoms with Gasteiger partial charge in [-0.2, -0.15) is 0 Å². The standard InChI is InChI=1S/C15H26N2/c1-5-11-16-14(10-9-12(2)3)15-8-6-7-13(4)17-15/h6-8,12,14,16H,5,9-11H2,1-4H3. The van der Waals surface area contributed by atoms with Crippen LogP contribution in [-0.2, 0) is 0 Å². The molecule has 1 rings (SSSR count). The predicted octanol–water partition coefficient (Wildman–Crippen LogP) is 3.87. The molecule has 0 aliphatic rings. The van der Waals surface area contributed by atoms with Crippen LogP contribution in [0.25, 0.3) is 0 Å². The first kappa shape index (κ1) is 14.2. The van der Waals surface area contributed by atoms with Gasteiger partial charge in [0.05, 0.1) is 5.69 Å². The number of hydrogen-bond acceptors (Lipinski definition) is 2. The number of nitrogens with zero attached hydrogens (tertiary/aromatic N) is 1. The molecule has 1 aromatic heterocycles. The molecule has 0 radical (unpaired) electrons. The van der Waals surface area contributed by atoms with Crippen molar-refractivity contribution in [1.82, 2.24) is 10.3 Å². The zero-order valence-corrected chi connectivity index (χ0v) is 11.7. The third kappa shape index (κ3) is 5.31. The lowest BCUT2D eigenvalue weighted by Crippen LogP contribution is -2.23. The molecule has 1 heterocycles. The number of aryl methyl sites for hydroxylation is 1. The third-order valence-corrected chi connectivity index (χ3v) is 2.94. The molecule has 2 heteroatoms. The summed E-state index contributed by atoms with van der Waals surface area (Å²) in [4.78, 5) is 4.64. The van der Waals surface area contributed by atoms with Crippen LogP contribution in [0.3, 0.4) is 0 Å². The lowest BCUT2D eigenvalue weighted by atomic mass is 10.0. The van der Waals surface area contributed by atoms with Gasteiger partial charge in [-0.15, -0.1) is 0 Å². The second-order valence-corrected chi connectivity index (χ2v) is 5.18. The zero-order chi connectivity index (χ0) is 12.7. The van der Waals surface area contributed by atoms with E-state index in [9.17, 15) is 0 Å². The molecular formula is C15H26N2. The van der Waals surface area contributed by atoms with E-state index >= 15 is 0 Å². The van der Waals surface area contributed by atoms with E-state index in [0.29, 0.717) is 6.04 Å². The summed E-state index contributed by atoms with van der Waals surface area (Å²) in [6.07, 6.45) is 3.59. The fourth-order valence-corrected chi connectivity index (χ4v) is 1.93. The van der Waals surface area contributed by atoms with E-state index in [-0.39, 0.29) is 0 Å². The van der Waals surface area contributed by atoms with E-state index in [1.165, 1.54) is 25.0 Å². The first-order valence-electron chi connectivity index (χ1n) is 6.80. The lowest BCUT2D eigenvalue weighted by molar-refractivity contribution is 0.433. The quantitative estimate of drug-likeness (QED) is 0.774. The van der Waals surface area contributed by atoms with Crippen molar-refractivity contribution in [2.24, 2.45) is 5.92 Å². The summed E-state index contributed by atoms with van der Waals surface area (Å²) in [6.45, 7) is 9.89. The Morgan fingerprint density at radius 2 is 2.00 bits per heavy atom. The van der Waals surface area contributed by atoms with E-state index < -0.39 is 0 Å². The van der Waals surface area contributed by atoms with Crippen LogP contribution < -0.4 is 5.32 Å². The number of rotatable bonds is 7. The van der Waals surface area contributed by atoms with Crippen molar-refractivity contribution in [2.45, 2.75) is 53.0 Å². The van der Waals surface area contributed by atoms with E-state index in [0.717, 1.165) is 18.2 Å². The smallest absolute Gasteiger partial charge is 0.0576 e. The van der Waals surface area contributed by atoms with Crippen molar-refractivity contribution in [2.75, 3.05) is 6.54 Å². The second kappa shape index (κ2) is 7.44. The van der Waals surface area contributed by atoms with Gasteiger partial charge >= 0.3 is 0 Å². The van der Waals surface area contributed by atoms with Gasteiger partial charge in [0.1, 0.15) is 0 Å². The van der Waals surface area contributed by atoms with Crippen molar-refractivity contribution >= 4 is 0 Å². The second-order valence-electron chi connectivity index (χ2n) is 5.18. The maximum atomic E-state index is 4.64. The molecule has 0 saturated heterocycles. The minimum absolute atomic E-state index is 0.414. The number of aromatic nitrogens is 1. The summed E-state index contributed by atoms with van der Waals surface area (Å²) < 4.78 is 0. The topological polar surface area (TPSA) is 24.9 Å². The highest BCUT2D eigenvalue weighted by atomic mass is 14.9. The van der Waals surface area contributed by atoms with Crippen LogP contribution in [0.1, 0.15) is 57.5 Å². The largest absolute Gasteiger partial charge is 0.309 e. The predicted molar refractivity (Wildman–Crippen MR) is 74.1 cm³/mol. The van der Waals surface area contributed by atoms with Crippen LogP contribution in [0.2, 0.25) is 0 Å². The Hall–Kier alpha value is -0.890. The van der Waals surface area contributed by atoms with Gasteiger partial charge in [-0.3, -0.25) is 4.98 Å². The van der Waals surface area contributed by atoms with Crippen LogP contribution in [-0.4, -0.2) is 11.5 Å². The van der Waals surface area contributed by atoms with E-state index in [2.05, 4.69) is 56.2 Å². The lowest BCUT2D eigenvalue weighted by Gasteiger charge is -2.19. The number of hydrogen-bond donors (Lipinski definition) is 1. The molecule has 0 aliphatic carbocycles. The van der Waals surface area contributed by atoms with E-state index in [4.69, 9.17) is 0 Å². The molecular weight excluding hydrogens is 208 g/mol. The fourth-order valence-electron chi connectivity index (χ4n) is 1.93. The molecule has 17 heavy (non-hydrogen) atoms. The van der Waals surface area contributed by atoms with Crippen LogP contribution in [0.15, 0.2) is 18.2 Å². The van der Waals surface area contributed by atoms with Crippen molar-refractivity contribution < 1.29 is 0 Å². The maximum absolute atomic E-state index is 4.64. The van der Waals surface area contributed by atoms with Crippen molar-refractivity contribution in [3.05, 3.63) is 29.6 Å². The Kier molecular flexibility index (Phi) is 6.20. The van der Waals surface area contributed by atoms with Gasteiger partial charge in [0, 0.05) is 11.7 Å². The molecule has 0 aliphatic heterocycles. The molecule has 0 aromatic carbocycles. The summed E-state index contributed by atoms with van der Waals surface area (Å²) in [5.41, 5.74) is 2.30. The Balaban J connectivity index is 2.67. The Morgan fingerprint density at radius 1 is 1.24 bits per heavy atom. The summed E-state index contributed by atoms with van der Waals surface area (Å²) in [6, 6.07) is 6.72. The SMILES string of the molecule is CCCNC(CCC(C)C)c1cccc(C)n1. The van der Waals surface area contributed by atoms with Crippen LogP contribution >= 0.6 is 0 Å². The van der Waals surface area contributed by atoms with Crippen molar-refractivity contribution in [3.8, 4) is 0 Å². The molecule has 1 N–H and O–H groups in total. The third-order valence-electron chi connectivity index (χ3n) is 2.94. The first-order chi connectivity index (χ1) is 8.13. The normalized spacial score (nSPS) is 13.0. The number of nitrogens with one attached hydrogen (secondary N) is 1. The Labute approximate surface area is 106 Å². The van der Waals surface area contributed by atoms with Crippen molar-refractivity contribution in [1.29, 1.82) is 0 Å². The van der Waals surface area contributed by atoms with Crippen molar-refractivity contribution in [3.63, 3.8) is 0 Å². The molecule has 2 nitrogen and oxygen atoms in total. The molecule has 1 aromatic rings. The molecule has 1 unspecified atom stereocenters. The molecule has 0 spiro atoms. The minimum Gasteiger partial charge on any atom is -0.309 e. The summed E-state index contributed by atoms with van der Waals surface area (Å²) in [5, 5.41) is 3.61. The average Bonchev–Trinajstić information content (AvgIpc) is 2.29. The van der Waals surface area contributed by atoms with Gasteiger partial charge < -0.3 is 5.32 Å². The molecule has 0 saturated carbocycles. The summed E-state index contributed by atoms with van der Waals surface area (Å²) >= 11 is 0.